The van der Waals surface area contributed by atoms with Crippen LogP contribution in [0.25, 0.3) is 0 Å². The summed E-state index contributed by atoms with van der Waals surface area (Å²) in [6.07, 6.45) is 4.69. The van der Waals surface area contributed by atoms with Crippen LogP contribution in [-0.4, -0.2) is 52.5 Å². The van der Waals surface area contributed by atoms with Gasteiger partial charge in [-0.25, -0.2) is 0 Å². The zero-order chi connectivity index (χ0) is 13.9. The molecule has 0 unspecified atom stereocenters. The Morgan fingerprint density at radius 1 is 1.35 bits per heavy atom. The number of aliphatic hydroxyl groups is 1. The lowest BCUT2D eigenvalue weighted by Gasteiger charge is -2.32. The van der Waals surface area contributed by atoms with Crippen molar-refractivity contribution in [2.24, 2.45) is 0 Å². The van der Waals surface area contributed by atoms with Gasteiger partial charge in [-0.1, -0.05) is 11.6 Å². The molecule has 1 saturated heterocycles. The number of hydrogen-bond donors (Lipinski definition) is 2. The summed E-state index contributed by atoms with van der Waals surface area (Å²) in [5.41, 5.74) is 1.13. The molecule has 2 aliphatic rings. The summed E-state index contributed by atoms with van der Waals surface area (Å²) < 4.78 is 0. The van der Waals surface area contributed by atoms with Gasteiger partial charge in [-0.2, -0.15) is 0 Å². The highest BCUT2D eigenvalue weighted by atomic mass is 35.5. The number of likely N-dealkylation sites (tertiary alicyclic amines) is 1. The van der Waals surface area contributed by atoms with Gasteiger partial charge in [0.2, 0.25) is 0 Å². The molecule has 2 fully saturated rings. The van der Waals surface area contributed by atoms with Gasteiger partial charge in [0, 0.05) is 19.1 Å². The van der Waals surface area contributed by atoms with Crippen LogP contribution in [0.2, 0.25) is 5.15 Å². The molecular weight excluding hydrogens is 276 g/mol. The van der Waals surface area contributed by atoms with Crippen LogP contribution in [-0.2, 0) is 0 Å². The molecule has 0 radical (unpaired) electrons. The third-order valence-corrected chi connectivity index (χ3v) is 4.36. The molecule has 0 aromatic carbocycles. The number of aliphatic hydroxyl groups excluding tert-OH is 1. The fourth-order valence-corrected chi connectivity index (χ4v) is 3.12. The number of piperidine rings is 1. The van der Waals surface area contributed by atoms with Gasteiger partial charge < -0.3 is 10.4 Å². The van der Waals surface area contributed by atoms with Crippen LogP contribution >= 0.6 is 11.6 Å². The Morgan fingerprint density at radius 3 is 2.95 bits per heavy atom. The number of rotatable bonds is 5. The summed E-state index contributed by atoms with van der Waals surface area (Å²) in [6, 6.07) is 2.43. The second-order valence-corrected chi connectivity index (χ2v) is 6.12. The van der Waals surface area contributed by atoms with Crippen molar-refractivity contribution in [1.29, 1.82) is 0 Å². The van der Waals surface area contributed by atoms with Crippen LogP contribution in [0.5, 0.6) is 0 Å². The number of nitrogens with one attached hydrogen (secondary N) is 1. The largest absolute Gasteiger partial charge is 0.395 e. The number of halogens is 1. The fourth-order valence-electron chi connectivity index (χ4n) is 2.87. The molecule has 1 atom stereocenters. The Morgan fingerprint density at radius 2 is 2.20 bits per heavy atom. The molecule has 20 heavy (non-hydrogen) atoms. The van der Waals surface area contributed by atoms with Crippen molar-refractivity contribution in [2.45, 2.75) is 37.6 Å². The average Bonchev–Trinajstić information content (AvgIpc) is 3.26. The second-order valence-electron chi connectivity index (χ2n) is 5.76. The molecule has 110 valence electrons. The topological polar surface area (TPSA) is 61.3 Å². The number of aromatic nitrogens is 2. The van der Waals surface area contributed by atoms with E-state index in [1.54, 1.807) is 0 Å². The fraction of sp³-hybridized carbons (Fsp3) is 0.714. The lowest BCUT2D eigenvalue weighted by molar-refractivity contribution is 0.166. The van der Waals surface area contributed by atoms with Crippen LogP contribution in [0.3, 0.4) is 0 Å². The third kappa shape index (κ3) is 3.40. The summed E-state index contributed by atoms with van der Waals surface area (Å²) in [5, 5.41) is 21.3. The lowest BCUT2D eigenvalue weighted by Crippen LogP contribution is -2.43. The van der Waals surface area contributed by atoms with Crippen LogP contribution in [0.4, 0.5) is 5.82 Å². The van der Waals surface area contributed by atoms with Crippen molar-refractivity contribution >= 4 is 17.4 Å². The van der Waals surface area contributed by atoms with E-state index in [-0.39, 0.29) is 6.61 Å². The van der Waals surface area contributed by atoms with E-state index in [1.165, 1.54) is 12.8 Å². The maximum Gasteiger partial charge on any atom is 0.155 e. The van der Waals surface area contributed by atoms with Crippen LogP contribution in [0, 0.1) is 0 Å². The zero-order valence-corrected chi connectivity index (χ0v) is 12.3. The molecule has 3 rings (SSSR count). The van der Waals surface area contributed by atoms with Crippen LogP contribution in [0.1, 0.15) is 37.2 Å². The van der Waals surface area contributed by atoms with Crippen molar-refractivity contribution in [1.82, 2.24) is 15.1 Å². The Bertz CT molecular complexity index is 464. The first kappa shape index (κ1) is 14.0. The maximum absolute atomic E-state index is 9.03. The highest BCUT2D eigenvalue weighted by Gasteiger charge is 2.27. The number of nitrogens with zero attached hydrogens (tertiary/aromatic N) is 3. The van der Waals surface area contributed by atoms with Crippen molar-refractivity contribution in [2.75, 3.05) is 31.6 Å². The molecule has 1 aromatic heterocycles. The molecule has 6 heteroatoms. The molecule has 5 nitrogen and oxygen atoms in total. The Kier molecular flexibility index (Phi) is 4.38. The van der Waals surface area contributed by atoms with E-state index in [2.05, 4.69) is 26.5 Å². The third-order valence-electron chi connectivity index (χ3n) is 4.07. The average molecular weight is 297 g/mol. The summed E-state index contributed by atoms with van der Waals surface area (Å²) in [6.45, 7) is 2.99. The van der Waals surface area contributed by atoms with Gasteiger partial charge >= 0.3 is 0 Å². The number of hydrogen-bond acceptors (Lipinski definition) is 5. The highest BCUT2D eigenvalue weighted by Crippen LogP contribution is 2.43. The van der Waals surface area contributed by atoms with Gasteiger partial charge in [0.25, 0.3) is 0 Å². The minimum Gasteiger partial charge on any atom is -0.395 e. The van der Waals surface area contributed by atoms with E-state index in [0.29, 0.717) is 17.1 Å². The molecular formula is C14H21ClN4O. The maximum atomic E-state index is 9.03. The van der Waals surface area contributed by atoms with Crippen molar-refractivity contribution in [3.63, 3.8) is 0 Å². The van der Waals surface area contributed by atoms with E-state index in [1.807, 2.05) is 0 Å². The lowest BCUT2D eigenvalue weighted by atomic mass is 10.1. The monoisotopic (exact) mass is 296 g/mol. The quantitative estimate of drug-likeness (QED) is 0.869. The number of β-amino-alcohol motifs (C(OH)–C–C–N with tert-alkyl or cyclic N) is 1. The van der Waals surface area contributed by atoms with Gasteiger partial charge in [0.1, 0.15) is 5.82 Å². The van der Waals surface area contributed by atoms with Crippen LogP contribution < -0.4 is 5.32 Å². The standard InChI is InChI=1S/C14H21ClN4O/c15-14-12(10-3-4-10)8-13(17-18-14)16-11-2-1-5-19(9-11)6-7-20/h8,10-11,20H,1-7,9H2,(H,16,17)/t11-/m1/s1. The highest BCUT2D eigenvalue weighted by molar-refractivity contribution is 6.30. The molecule has 0 spiro atoms. The van der Waals surface area contributed by atoms with Crippen molar-refractivity contribution in [3.8, 4) is 0 Å². The first-order valence-corrected chi connectivity index (χ1v) is 7.77. The normalized spacial score (nSPS) is 23.8. The van der Waals surface area contributed by atoms with Crippen molar-refractivity contribution < 1.29 is 5.11 Å². The predicted octanol–water partition coefficient (Wildman–Crippen LogP) is 1.88. The van der Waals surface area contributed by atoms with Crippen molar-refractivity contribution in [3.05, 3.63) is 16.8 Å². The molecule has 1 aliphatic heterocycles. The first-order chi connectivity index (χ1) is 9.76. The van der Waals surface area contributed by atoms with E-state index < -0.39 is 0 Å². The molecule has 1 aromatic rings. The van der Waals surface area contributed by atoms with Crippen LogP contribution in [0.15, 0.2) is 6.07 Å². The molecule has 1 saturated carbocycles. The predicted molar refractivity (Wildman–Crippen MR) is 79.2 cm³/mol. The van der Waals surface area contributed by atoms with E-state index in [4.69, 9.17) is 16.7 Å². The van der Waals surface area contributed by atoms with E-state index in [0.717, 1.165) is 43.9 Å². The number of anilines is 1. The van der Waals surface area contributed by atoms with E-state index >= 15 is 0 Å². The van der Waals surface area contributed by atoms with Gasteiger partial charge in [0.05, 0.1) is 6.61 Å². The van der Waals surface area contributed by atoms with Gasteiger partial charge in [-0.15, -0.1) is 10.2 Å². The minimum atomic E-state index is 0.222. The molecule has 1 aliphatic carbocycles. The zero-order valence-electron chi connectivity index (χ0n) is 11.6. The second kappa shape index (κ2) is 6.24. The SMILES string of the molecule is OCCN1CCC[C@@H](Nc2cc(C3CC3)c(Cl)nn2)C1. The summed E-state index contributed by atoms with van der Waals surface area (Å²) >= 11 is 6.10. The summed E-state index contributed by atoms with van der Waals surface area (Å²) in [4.78, 5) is 2.28. The Hall–Kier alpha value is -0.910. The first-order valence-electron chi connectivity index (χ1n) is 7.39. The molecule has 0 bridgehead atoms. The Labute approximate surface area is 124 Å². The van der Waals surface area contributed by atoms with E-state index in [9.17, 15) is 0 Å². The molecule has 2 N–H and O–H groups in total. The smallest absolute Gasteiger partial charge is 0.155 e. The van der Waals surface area contributed by atoms with Gasteiger partial charge in [-0.05, 0) is 49.8 Å². The minimum absolute atomic E-state index is 0.222. The van der Waals surface area contributed by atoms with Gasteiger partial charge in [0.15, 0.2) is 5.15 Å². The summed E-state index contributed by atoms with van der Waals surface area (Å²) in [7, 11) is 0. The Balaban J connectivity index is 1.63. The van der Waals surface area contributed by atoms with Gasteiger partial charge in [-0.3, -0.25) is 4.90 Å². The summed E-state index contributed by atoms with van der Waals surface area (Å²) in [5.74, 6) is 1.41. The molecule has 2 heterocycles. The molecule has 0 amide bonds.